The second kappa shape index (κ2) is 10.9. The number of hydrogen-bond donors (Lipinski definition) is 2. The molecule has 0 bridgehead atoms. The molecule has 0 amide bonds. The quantitative estimate of drug-likeness (QED) is 0.335. The number of furan rings is 1. The maximum Gasteiger partial charge on any atom is 0.434 e. The molecule has 0 aliphatic rings. The molecule has 27 heavy (non-hydrogen) atoms. The van der Waals surface area contributed by atoms with Gasteiger partial charge in [-0.15, -0.1) is 35.3 Å². The molecule has 0 spiro atoms. The van der Waals surface area contributed by atoms with Crippen LogP contribution in [0.2, 0.25) is 0 Å². The third kappa shape index (κ3) is 7.30. The number of aromatic nitrogens is 1. The SMILES string of the molecule is CN=C(NCCc1nc(C(F)(F)F)cs1)NCC(c1ccco1)N(C)C.I. The van der Waals surface area contributed by atoms with Gasteiger partial charge in [0.1, 0.15) is 5.76 Å². The van der Waals surface area contributed by atoms with Crippen LogP contribution in [0.15, 0.2) is 33.2 Å². The molecule has 1 unspecified atom stereocenters. The van der Waals surface area contributed by atoms with E-state index in [9.17, 15) is 13.2 Å². The molecule has 2 N–H and O–H groups in total. The smallest absolute Gasteiger partial charge is 0.434 e. The number of hydrogen-bond acceptors (Lipinski definition) is 5. The summed E-state index contributed by atoms with van der Waals surface area (Å²) in [4.78, 5) is 9.76. The lowest BCUT2D eigenvalue weighted by Crippen LogP contribution is -2.42. The van der Waals surface area contributed by atoms with Crippen molar-refractivity contribution in [3.05, 3.63) is 40.2 Å². The van der Waals surface area contributed by atoms with E-state index in [0.717, 1.165) is 22.5 Å². The van der Waals surface area contributed by atoms with Gasteiger partial charge in [0.15, 0.2) is 11.7 Å². The summed E-state index contributed by atoms with van der Waals surface area (Å²) in [5, 5.41) is 7.74. The van der Waals surface area contributed by atoms with Crippen LogP contribution in [0.3, 0.4) is 0 Å². The van der Waals surface area contributed by atoms with Gasteiger partial charge in [-0.05, 0) is 26.2 Å². The average molecular weight is 517 g/mol. The molecule has 2 rings (SSSR count). The first-order valence-electron chi connectivity index (χ1n) is 7.97. The van der Waals surface area contributed by atoms with Crippen LogP contribution in [0.5, 0.6) is 0 Å². The van der Waals surface area contributed by atoms with Crippen molar-refractivity contribution in [2.24, 2.45) is 4.99 Å². The monoisotopic (exact) mass is 517 g/mol. The molecule has 0 aliphatic heterocycles. The van der Waals surface area contributed by atoms with Crippen molar-refractivity contribution in [2.45, 2.75) is 18.6 Å². The van der Waals surface area contributed by atoms with Gasteiger partial charge in [0.2, 0.25) is 0 Å². The summed E-state index contributed by atoms with van der Waals surface area (Å²) in [6.45, 7) is 0.994. The van der Waals surface area contributed by atoms with Gasteiger partial charge in [0, 0.05) is 31.9 Å². The van der Waals surface area contributed by atoms with E-state index in [1.165, 1.54) is 0 Å². The minimum Gasteiger partial charge on any atom is -0.468 e. The number of rotatable bonds is 7. The predicted octanol–water partition coefficient (Wildman–Crippen LogP) is 3.38. The Morgan fingerprint density at radius 1 is 1.37 bits per heavy atom. The van der Waals surface area contributed by atoms with Gasteiger partial charge < -0.3 is 15.1 Å². The maximum absolute atomic E-state index is 12.6. The number of halogens is 4. The van der Waals surface area contributed by atoms with Crippen molar-refractivity contribution >= 4 is 41.3 Å². The number of likely N-dealkylation sites (N-methyl/N-ethyl adjacent to an activating group) is 1. The van der Waals surface area contributed by atoms with E-state index in [-0.39, 0.29) is 30.0 Å². The van der Waals surface area contributed by atoms with Gasteiger partial charge >= 0.3 is 6.18 Å². The van der Waals surface area contributed by atoms with Crippen molar-refractivity contribution in [3.63, 3.8) is 0 Å². The molecule has 0 fully saturated rings. The molecule has 0 radical (unpaired) electrons. The van der Waals surface area contributed by atoms with E-state index >= 15 is 0 Å². The van der Waals surface area contributed by atoms with Gasteiger partial charge in [0.05, 0.1) is 17.3 Å². The third-order valence-corrected chi connectivity index (χ3v) is 4.56. The molecule has 152 valence electrons. The van der Waals surface area contributed by atoms with Crippen LogP contribution in [-0.4, -0.2) is 50.1 Å². The molecule has 11 heteroatoms. The van der Waals surface area contributed by atoms with Crippen molar-refractivity contribution in [2.75, 3.05) is 34.2 Å². The van der Waals surface area contributed by atoms with Crippen molar-refractivity contribution in [3.8, 4) is 0 Å². The first kappa shape index (κ1) is 23.7. The largest absolute Gasteiger partial charge is 0.468 e. The molecule has 2 heterocycles. The highest BCUT2D eigenvalue weighted by Gasteiger charge is 2.33. The number of guanidine groups is 1. The molecular formula is C16H23F3IN5OS. The zero-order valence-corrected chi connectivity index (χ0v) is 18.4. The number of nitrogens with one attached hydrogen (secondary N) is 2. The molecule has 0 saturated carbocycles. The summed E-state index contributed by atoms with van der Waals surface area (Å²) in [6.07, 6.45) is -2.38. The van der Waals surface area contributed by atoms with Crippen LogP contribution in [0, 0.1) is 0 Å². The zero-order valence-electron chi connectivity index (χ0n) is 15.2. The zero-order chi connectivity index (χ0) is 19.2. The minimum atomic E-state index is -4.40. The molecule has 0 aromatic carbocycles. The Kier molecular flexibility index (Phi) is 9.53. The standard InChI is InChI=1S/C16H22F3N5OS.HI/c1-20-15(22-9-11(24(2)3)12-5-4-8-25-12)21-7-6-14-23-13(10-26-14)16(17,18)19;/h4-5,8,10-11H,6-7,9H2,1-3H3,(H2,20,21,22);1H. The van der Waals surface area contributed by atoms with Crippen LogP contribution in [0.4, 0.5) is 13.2 Å². The first-order chi connectivity index (χ1) is 12.3. The molecule has 1 atom stereocenters. The molecular weight excluding hydrogens is 494 g/mol. The fourth-order valence-corrected chi connectivity index (χ4v) is 3.08. The van der Waals surface area contributed by atoms with Crippen molar-refractivity contribution in [1.29, 1.82) is 0 Å². The van der Waals surface area contributed by atoms with E-state index in [4.69, 9.17) is 4.42 Å². The summed E-state index contributed by atoms with van der Waals surface area (Å²) in [7, 11) is 5.54. The van der Waals surface area contributed by atoms with Gasteiger partial charge in [-0.25, -0.2) is 4.98 Å². The van der Waals surface area contributed by atoms with Gasteiger partial charge in [0.25, 0.3) is 0 Å². The van der Waals surface area contributed by atoms with E-state index in [1.54, 1.807) is 13.3 Å². The Balaban J connectivity index is 0.00000364. The number of thiazole rings is 1. The van der Waals surface area contributed by atoms with Crippen LogP contribution < -0.4 is 10.6 Å². The lowest BCUT2D eigenvalue weighted by atomic mass is 10.2. The average Bonchev–Trinajstić information content (AvgIpc) is 3.24. The lowest BCUT2D eigenvalue weighted by Gasteiger charge is -2.23. The molecule has 0 saturated heterocycles. The molecule has 2 aromatic rings. The number of nitrogens with zero attached hydrogens (tertiary/aromatic N) is 3. The summed E-state index contributed by atoms with van der Waals surface area (Å²) >= 11 is 1.01. The van der Waals surface area contributed by atoms with E-state index in [1.807, 2.05) is 31.1 Å². The summed E-state index contributed by atoms with van der Waals surface area (Å²) in [5.41, 5.74) is -0.840. The Hall–Kier alpha value is -1.34. The van der Waals surface area contributed by atoms with Gasteiger partial charge in [-0.2, -0.15) is 13.2 Å². The highest BCUT2D eigenvalue weighted by atomic mass is 127. The first-order valence-corrected chi connectivity index (χ1v) is 8.85. The predicted molar refractivity (Wildman–Crippen MR) is 111 cm³/mol. The summed E-state index contributed by atoms with van der Waals surface area (Å²) in [6, 6.07) is 3.77. The second-order valence-electron chi connectivity index (χ2n) is 5.75. The van der Waals surface area contributed by atoms with Gasteiger partial charge in [-0.1, -0.05) is 0 Å². The van der Waals surface area contributed by atoms with Crippen LogP contribution in [-0.2, 0) is 12.6 Å². The Morgan fingerprint density at radius 3 is 2.63 bits per heavy atom. The van der Waals surface area contributed by atoms with E-state index in [0.29, 0.717) is 30.5 Å². The highest BCUT2D eigenvalue weighted by molar-refractivity contribution is 14.0. The van der Waals surface area contributed by atoms with Gasteiger partial charge in [-0.3, -0.25) is 9.89 Å². The fourth-order valence-electron chi connectivity index (χ4n) is 2.28. The maximum atomic E-state index is 12.6. The Labute approximate surface area is 177 Å². The lowest BCUT2D eigenvalue weighted by molar-refractivity contribution is -0.140. The highest BCUT2D eigenvalue weighted by Crippen LogP contribution is 2.30. The molecule has 0 aliphatic carbocycles. The Bertz CT molecular complexity index is 703. The topological polar surface area (TPSA) is 65.7 Å². The third-order valence-electron chi connectivity index (χ3n) is 3.65. The normalized spacial score (nSPS) is 13.4. The number of alkyl halides is 3. The molecule has 2 aromatic heterocycles. The van der Waals surface area contributed by atoms with Crippen LogP contribution >= 0.6 is 35.3 Å². The summed E-state index contributed by atoms with van der Waals surface area (Å²) < 4.78 is 43.1. The molecule has 6 nitrogen and oxygen atoms in total. The van der Waals surface area contributed by atoms with Crippen LogP contribution in [0.25, 0.3) is 0 Å². The fraction of sp³-hybridized carbons (Fsp3) is 0.500. The van der Waals surface area contributed by atoms with E-state index < -0.39 is 11.9 Å². The second-order valence-corrected chi connectivity index (χ2v) is 6.69. The minimum absolute atomic E-state index is 0. The van der Waals surface area contributed by atoms with Crippen molar-refractivity contribution < 1.29 is 17.6 Å². The van der Waals surface area contributed by atoms with Crippen molar-refractivity contribution in [1.82, 2.24) is 20.5 Å². The number of aliphatic imine (C=N–C) groups is 1. The Morgan fingerprint density at radius 2 is 2.11 bits per heavy atom. The van der Waals surface area contributed by atoms with E-state index in [2.05, 4.69) is 20.6 Å². The van der Waals surface area contributed by atoms with Crippen LogP contribution in [0.1, 0.15) is 22.5 Å². The summed E-state index contributed by atoms with van der Waals surface area (Å²) in [5.74, 6) is 1.40.